The molecule has 0 fully saturated rings. The third-order valence-corrected chi connectivity index (χ3v) is 3.20. The topological polar surface area (TPSA) is 64.9 Å². The predicted molar refractivity (Wildman–Crippen MR) is 70.1 cm³/mol. The van der Waals surface area contributed by atoms with Gasteiger partial charge in [-0.2, -0.15) is 5.26 Å². The molecule has 0 radical (unpaired) electrons. The molecule has 18 heavy (non-hydrogen) atoms. The average Bonchev–Trinajstić information content (AvgIpc) is 2.43. The summed E-state index contributed by atoms with van der Waals surface area (Å²) in [4.78, 5) is 12.1. The summed E-state index contributed by atoms with van der Waals surface area (Å²) >= 11 is 0. The lowest BCUT2D eigenvalue weighted by molar-refractivity contribution is -0.122. The van der Waals surface area contributed by atoms with Gasteiger partial charge >= 0.3 is 0 Å². The minimum Gasteiger partial charge on any atom is -0.385 e. The number of carbonyl (C=O) groups excluding carboxylic acids is 1. The van der Waals surface area contributed by atoms with Gasteiger partial charge in [0.1, 0.15) is 0 Å². The molecule has 1 aromatic carbocycles. The second-order valence-electron chi connectivity index (χ2n) is 4.63. The van der Waals surface area contributed by atoms with E-state index in [1.807, 2.05) is 24.3 Å². The van der Waals surface area contributed by atoms with E-state index >= 15 is 0 Å². The standard InChI is InChI=1S/C14H17N3O/c1-10(8-15)9-17-14(18)12-6-7-16-13-5-3-2-4-11(12)13/h2-5,10,12,16H,6-7,9H2,1H3,(H,17,18). The quantitative estimate of drug-likeness (QED) is 0.851. The van der Waals surface area contributed by atoms with E-state index in [0.29, 0.717) is 6.54 Å². The van der Waals surface area contributed by atoms with Crippen molar-refractivity contribution in [1.82, 2.24) is 5.32 Å². The maximum absolute atomic E-state index is 12.1. The van der Waals surface area contributed by atoms with E-state index in [2.05, 4.69) is 16.7 Å². The molecule has 1 aliphatic rings. The Labute approximate surface area is 107 Å². The zero-order valence-electron chi connectivity index (χ0n) is 10.4. The smallest absolute Gasteiger partial charge is 0.227 e. The van der Waals surface area contributed by atoms with Crippen LogP contribution in [-0.4, -0.2) is 19.0 Å². The van der Waals surface area contributed by atoms with Crippen LogP contribution in [0, 0.1) is 17.2 Å². The van der Waals surface area contributed by atoms with Crippen LogP contribution in [0.2, 0.25) is 0 Å². The van der Waals surface area contributed by atoms with Crippen LogP contribution in [0.15, 0.2) is 24.3 Å². The van der Waals surface area contributed by atoms with Gasteiger partial charge in [0.25, 0.3) is 0 Å². The van der Waals surface area contributed by atoms with Crippen LogP contribution in [0.5, 0.6) is 0 Å². The third-order valence-electron chi connectivity index (χ3n) is 3.20. The first-order valence-electron chi connectivity index (χ1n) is 6.22. The number of nitrogens with zero attached hydrogens (tertiary/aromatic N) is 1. The Balaban J connectivity index is 2.06. The summed E-state index contributed by atoms with van der Waals surface area (Å²) in [7, 11) is 0. The number of hydrogen-bond acceptors (Lipinski definition) is 3. The molecule has 2 unspecified atom stereocenters. The van der Waals surface area contributed by atoms with Gasteiger partial charge in [0.2, 0.25) is 5.91 Å². The molecule has 2 rings (SSSR count). The summed E-state index contributed by atoms with van der Waals surface area (Å²) in [5, 5.41) is 14.9. The summed E-state index contributed by atoms with van der Waals surface area (Å²) in [5.41, 5.74) is 2.09. The Bertz CT molecular complexity index is 478. The predicted octanol–water partition coefficient (Wildman–Crippen LogP) is 1.86. The SMILES string of the molecule is CC(C#N)CNC(=O)C1CCNc2ccccc21. The van der Waals surface area contributed by atoms with Crippen molar-refractivity contribution in [3.05, 3.63) is 29.8 Å². The molecule has 0 aromatic heterocycles. The lowest BCUT2D eigenvalue weighted by Crippen LogP contribution is -2.35. The molecule has 0 spiro atoms. The highest BCUT2D eigenvalue weighted by molar-refractivity contribution is 5.86. The van der Waals surface area contributed by atoms with Gasteiger partial charge in [-0.1, -0.05) is 18.2 Å². The molecule has 1 amide bonds. The fourth-order valence-electron chi connectivity index (χ4n) is 2.16. The number of fused-ring (bicyclic) bond motifs is 1. The molecule has 1 aliphatic heterocycles. The van der Waals surface area contributed by atoms with E-state index in [9.17, 15) is 4.79 Å². The Morgan fingerprint density at radius 3 is 3.17 bits per heavy atom. The van der Waals surface area contributed by atoms with Crippen molar-refractivity contribution in [3.8, 4) is 6.07 Å². The lowest BCUT2D eigenvalue weighted by atomic mass is 9.90. The molecule has 1 aromatic rings. The lowest BCUT2D eigenvalue weighted by Gasteiger charge is -2.26. The molecule has 2 atom stereocenters. The van der Waals surface area contributed by atoms with Gasteiger partial charge in [-0.3, -0.25) is 4.79 Å². The van der Waals surface area contributed by atoms with Crippen molar-refractivity contribution in [1.29, 1.82) is 5.26 Å². The maximum Gasteiger partial charge on any atom is 0.227 e. The highest BCUT2D eigenvalue weighted by Gasteiger charge is 2.25. The molecule has 2 N–H and O–H groups in total. The average molecular weight is 243 g/mol. The van der Waals surface area contributed by atoms with E-state index in [4.69, 9.17) is 5.26 Å². The zero-order valence-corrected chi connectivity index (χ0v) is 10.4. The summed E-state index contributed by atoms with van der Waals surface area (Å²) in [6, 6.07) is 10.0. The summed E-state index contributed by atoms with van der Waals surface area (Å²) in [6.07, 6.45) is 0.795. The Morgan fingerprint density at radius 2 is 2.39 bits per heavy atom. The van der Waals surface area contributed by atoms with Gasteiger partial charge in [0.15, 0.2) is 0 Å². The van der Waals surface area contributed by atoms with Gasteiger partial charge in [-0.15, -0.1) is 0 Å². The van der Waals surface area contributed by atoms with Gasteiger partial charge in [-0.05, 0) is 25.0 Å². The van der Waals surface area contributed by atoms with Crippen LogP contribution in [0.4, 0.5) is 5.69 Å². The monoisotopic (exact) mass is 243 g/mol. The fourth-order valence-corrected chi connectivity index (χ4v) is 2.16. The molecule has 1 heterocycles. The molecule has 94 valence electrons. The van der Waals surface area contributed by atoms with Crippen molar-refractivity contribution in [2.75, 3.05) is 18.4 Å². The number of nitrogens with one attached hydrogen (secondary N) is 2. The highest BCUT2D eigenvalue weighted by Crippen LogP contribution is 2.31. The number of anilines is 1. The van der Waals surface area contributed by atoms with Gasteiger partial charge in [0.05, 0.1) is 17.9 Å². The van der Waals surface area contributed by atoms with E-state index in [-0.39, 0.29) is 17.7 Å². The minimum atomic E-state index is -0.147. The molecule has 0 saturated heterocycles. The first-order valence-corrected chi connectivity index (χ1v) is 6.22. The van der Waals surface area contributed by atoms with Crippen molar-refractivity contribution >= 4 is 11.6 Å². The summed E-state index contributed by atoms with van der Waals surface area (Å²) in [5.74, 6) is -0.231. The largest absolute Gasteiger partial charge is 0.385 e. The Kier molecular flexibility index (Phi) is 3.83. The number of para-hydroxylation sites is 1. The molecule has 0 bridgehead atoms. The minimum absolute atomic E-state index is 0.0195. The molecular weight excluding hydrogens is 226 g/mol. The van der Waals surface area contributed by atoms with Crippen molar-refractivity contribution in [2.24, 2.45) is 5.92 Å². The second kappa shape index (κ2) is 5.54. The van der Waals surface area contributed by atoms with Crippen LogP contribution in [0.25, 0.3) is 0 Å². The number of hydrogen-bond donors (Lipinski definition) is 2. The molecule has 0 saturated carbocycles. The first kappa shape index (κ1) is 12.4. The van der Waals surface area contributed by atoms with Crippen molar-refractivity contribution in [3.63, 3.8) is 0 Å². The van der Waals surface area contributed by atoms with E-state index in [0.717, 1.165) is 24.2 Å². The van der Waals surface area contributed by atoms with Gasteiger partial charge in [0, 0.05) is 18.8 Å². The van der Waals surface area contributed by atoms with E-state index < -0.39 is 0 Å². The summed E-state index contributed by atoms with van der Waals surface area (Å²) in [6.45, 7) is 3.03. The second-order valence-corrected chi connectivity index (χ2v) is 4.63. The van der Waals surface area contributed by atoms with Gasteiger partial charge < -0.3 is 10.6 Å². The number of amides is 1. The van der Waals surface area contributed by atoms with Crippen molar-refractivity contribution in [2.45, 2.75) is 19.3 Å². The van der Waals surface area contributed by atoms with E-state index in [1.54, 1.807) is 6.92 Å². The first-order chi connectivity index (χ1) is 8.72. The molecular formula is C14H17N3O. The van der Waals surface area contributed by atoms with Crippen LogP contribution in [-0.2, 0) is 4.79 Å². The number of carbonyl (C=O) groups is 1. The molecule has 0 aliphatic carbocycles. The van der Waals surface area contributed by atoms with Crippen LogP contribution < -0.4 is 10.6 Å². The normalized spacial score (nSPS) is 19.0. The number of benzene rings is 1. The zero-order chi connectivity index (χ0) is 13.0. The fraction of sp³-hybridized carbons (Fsp3) is 0.429. The molecule has 4 nitrogen and oxygen atoms in total. The Hall–Kier alpha value is -2.02. The highest BCUT2D eigenvalue weighted by atomic mass is 16.1. The third kappa shape index (κ3) is 2.62. The van der Waals surface area contributed by atoms with Gasteiger partial charge in [-0.25, -0.2) is 0 Å². The number of nitriles is 1. The van der Waals surface area contributed by atoms with Crippen molar-refractivity contribution < 1.29 is 4.79 Å². The maximum atomic E-state index is 12.1. The van der Waals surface area contributed by atoms with Crippen LogP contribution >= 0.6 is 0 Å². The number of rotatable bonds is 3. The van der Waals surface area contributed by atoms with Crippen LogP contribution in [0.3, 0.4) is 0 Å². The molecule has 4 heteroatoms. The van der Waals surface area contributed by atoms with E-state index in [1.165, 1.54) is 0 Å². The Morgan fingerprint density at radius 1 is 1.61 bits per heavy atom. The summed E-state index contributed by atoms with van der Waals surface area (Å²) < 4.78 is 0. The van der Waals surface area contributed by atoms with Crippen LogP contribution in [0.1, 0.15) is 24.8 Å².